The van der Waals surface area contributed by atoms with Gasteiger partial charge in [0.25, 0.3) is 11.8 Å². The molecule has 2 heterocycles. The van der Waals surface area contributed by atoms with Crippen molar-refractivity contribution in [3.05, 3.63) is 58.9 Å². The molecule has 2 aromatic rings. The van der Waals surface area contributed by atoms with Crippen LogP contribution in [0.15, 0.2) is 42.6 Å². The van der Waals surface area contributed by atoms with Gasteiger partial charge >= 0.3 is 0 Å². The maximum atomic E-state index is 12.6. The van der Waals surface area contributed by atoms with Crippen molar-refractivity contribution in [2.24, 2.45) is 0 Å². The number of likely N-dealkylation sites (tertiary alicyclic amines) is 1. The number of pyridine rings is 1. The Bertz CT molecular complexity index is 754. The van der Waals surface area contributed by atoms with Crippen LogP contribution in [0.2, 0.25) is 5.02 Å². The van der Waals surface area contributed by atoms with Gasteiger partial charge in [-0.3, -0.25) is 14.6 Å². The van der Waals surface area contributed by atoms with E-state index < -0.39 is 0 Å². The van der Waals surface area contributed by atoms with Crippen LogP contribution in [0.4, 0.5) is 5.69 Å². The largest absolute Gasteiger partial charge is 0.337 e. The zero-order chi connectivity index (χ0) is 17.6. The normalized spacial score (nSPS) is 14.7. The highest BCUT2D eigenvalue weighted by Crippen LogP contribution is 2.16. The topological polar surface area (TPSA) is 62.3 Å². The molecule has 0 spiro atoms. The van der Waals surface area contributed by atoms with E-state index in [9.17, 15) is 9.59 Å². The summed E-state index contributed by atoms with van der Waals surface area (Å²) in [6, 6.07) is 10.0. The van der Waals surface area contributed by atoms with E-state index in [-0.39, 0.29) is 11.8 Å². The first kappa shape index (κ1) is 17.4. The number of amides is 2. The first-order chi connectivity index (χ1) is 12.1. The summed E-state index contributed by atoms with van der Waals surface area (Å²) in [5.74, 6) is -0.391. The average molecular weight is 358 g/mol. The van der Waals surface area contributed by atoms with E-state index in [4.69, 9.17) is 11.6 Å². The monoisotopic (exact) mass is 357 g/mol. The number of nitrogens with zero attached hydrogens (tertiary/aromatic N) is 2. The van der Waals surface area contributed by atoms with Gasteiger partial charge in [-0.15, -0.1) is 0 Å². The second-order valence-electron chi connectivity index (χ2n) is 6.10. The van der Waals surface area contributed by atoms with Gasteiger partial charge in [-0.1, -0.05) is 24.4 Å². The lowest BCUT2D eigenvalue weighted by molar-refractivity contribution is 0.0755. The first-order valence-corrected chi connectivity index (χ1v) is 8.83. The highest BCUT2D eigenvalue weighted by molar-refractivity contribution is 6.30. The molecule has 0 atom stereocenters. The van der Waals surface area contributed by atoms with Crippen LogP contribution in [0, 0.1) is 0 Å². The summed E-state index contributed by atoms with van der Waals surface area (Å²) < 4.78 is 0. The Hall–Kier alpha value is -2.40. The van der Waals surface area contributed by atoms with Gasteiger partial charge in [0.15, 0.2) is 0 Å². The van der Waals surface area contributed by atoms with Gasteiger partial charge in [-0.2, -0.15) is 0 Å². The summed E-state index contributed by atoms with van der Waals surface area (Å²) in [5, 5.41) is 3.39. The van der Waals surface area contributed by atoms with Crippen molar-refractivity contribution >= 4 is 29.1 Å². The third-order valence-corrected chi connectivity index (χ3v) is 4.49. The minimum atomic E-state index is -0.283. The van der Waals surface area contributed by atoms with Crippen molar-refractivity contribution in [2.45, 2.75) is 25.7 Å². The van der Waals surface area contributed by atoms with E-state index in [1.807, 2.05) is 4.90 Å². The van der Waals surface area contributed by atoms with Gasteiger partial charge in [-0.25, -0.2) is 0 Å². The number of halogens is 1. The number of benzene rings is 1. The molecule has 0 aliphatic carbocycles. The maximum Gasteiger partial charge on any atom is 0.272 e. The van der Waals surface area contributed by atoms with Gasteiger partial charge in [0.05, 0.1) is 0 Å². The van der Waals surface area contributed by atoms with E-state index in [2.05, 4.69) is 10.3 Å². The molecule has 25 heavy (non-hydrogen) atoms. The minimum Gasteiger partial charge on any atom is -0.337 e. The van der Waals surface area contributed by atoms with Crippen LogP contribution in [-0.4, -0.2) is 34.8 Å². The zero-order valence-electron chi connectivity index (χ0n) is 13.9. The summed E-state index contributed by atoms with van der Waals surface area (Å²) in [6.45, 7) is 1.50. The maximum absolute atomic E-state index is 12.6. The third kappa shape index (κ3) is 4.57. The molecule has 1 saturated heterocycles. The molecule has 0 unspecified atom stereocenters. The number of hydrogen-bond donors (Lipinski definition) is 1. The van der Waals surface area contributed by atoms with Crippen LogP contribution in [0.3, 0.4) is 0 Å². The third-order valence-electron chi connectivity index (χ3n) is 4.24. The number of carbonyl (C=O) groups excluding carboxylic acids is 2. The summed E-state index contributed by atoms with van der Waals surface area (Å²) in [5.41, 5.74) is 1.36. The smallest absolute Gasteiger partial charge is 0.272 e. The Labute approximate surface area is 152 Å². The number of rotatable bonds is 3. The minimum absolute atomic E-state index is 0.108. The average Bonchev–Trinajstić information content (AvgIpc) is 2.92. The van der Waals surface area contributed by atoms with Crippen molar-refractivity contribution in [3.63, 3.8) is 0 Å². The molecule has 0 bridgehead atoms. The van der Waals surface area contributed by atoms with Crippen molar-refractivity contribution in [1.82, 2.24) is 9.88 Å². The van der Waals surface area contributed by atoms with Crippen molar-refractivity contribution in [3.8, 4) is 0 Å². The molecule has 1 N–H and O–H groups in total. The highest BCUT2D eigenvalue weighted by Gasteiger charge is 2.19. The molecule has 1 aliphatic rings. The van der Waals surface area contributed by atoms with E-state index in [1.54, 1.807) is 36.4 Å². The molecule has 1 fully saturated rings. The summed E-state index contributed by atoms with van der Waals surface area (Å²) in [6.07, 6.45) is 5.84. The summed E-state index contributed by atoms with van der Waals surface area (Å²) >= 11 is 5.84. The van der Waals surface area contributed by atoms with E-state index in [1.165, 1.54) is 6.20 Å². The van der Waals surface area contributed by atoms with Gasteiger partial charge in [0, 0.05) is 35.6 Å². The molecule has 0 radical (unpaired) electrons. The lowest BCUT2D eigenvalue weighted by atomic mass is 10.2. The SMILES string of the molecule is O=C(Nc1ccc(Cl)cc1)c1ccnc(C(=O)N2CCCCCC2)c1. The van der Waals surface area contributed by atoms with Crippen molar-refractivity contribution in [2.75, 3.05) is 18.4 Å². The van der Waals surface area contributed by atoms with Gasteiger partial charge in [-0.05, 0) is 49.2 Å². The molecule has 3 rings (SSSR count). The van der Waals surface area contributed by atoms with Crippen molar-refractivity contribution < 1.29 is 9.59 Å². The number of anilines is 1. The Balaban J connectivity index is 1.72. The second-order valence-corrected chi connectivity index (χ2v) is 6.53. The molecular formula is C19H20ClN3O2. The number of hydrogen-bond acceptors (Lipinski definition) is 3. The lowest BCUT2D eigenvalue weighted by Crippen LogP contribution is -2.32. The predicted molar refractivity (Wildman–Crippen MR) is 98.0 cm³/mol. The van der Waals surface area contributed by atoms with Crippen LogP contribution in [0.25, 0.3) is 0 Å². The zero-order valence-corrected chi connectivity index (χ0v) is 14.6. The van der Waals surface area contributed by atoms with E-state index >= 15 is 0 Å². The molecule has 1 aliphatic heterocycles. The molecular weight excluding hydrogens is 338 g/mol. The Morgan fingerprint density at radius 1 is 1.00 bits per heavy atom. The lowest BCUT2D eigenvalue weighted by Gasteiger charge is -2.19. The van der Waals surface area contributed by atoms with E-state index in [0.717, 1.165) is 38.8 Å². The van der Waals surface area contributed by atoms with Crippen molar-refractivity contribution in [1.29, 1.82) is 0 Å². The standard InChI is InChI=1S/C19H20ClN3O2/c20-15-5-7-16(8-6-15)22-18(24)14-9-10-21-17(13-14)19(25)23-11-3-1-2-4-12-23/h5-10,13H,1-4,11-12H2,(H,22,24). The fraction of sp³-hybridized carbons (Fsp3) is 0.316. The van der Waals surface area contributed by atoms with Crippen LogP contribution >= 0.6 is 11.6 Å². The second kappa shape index (κ2) is 8.12. The summed E-state index contributed by atoms with van der Waals surface area (Å²) in [7, 11) is 0. The number of carbonyl (C=O) groups is 2. The Kier molecular flexibility index (Phi) is 5.66. The quantitative estimate of drug-likeness (QED) is 0.902. The molecule has 1 aromatic heterocycles. The predicted octanol–water partition coefficient (Wildman–Crippen LogP) is 4.00. The fourth-order valence-corrected chi connectivity index (χ4v) is 2.99. The molecule has 130 valence electrons. The van der Waals surface area contributed by atoms with Crippen LogP contribution in [0.1, 0.15) is 46.5 Å². The van der Waals surface area contributed by atoms with Gasteiger partial charge < -0.3 is 10.2 Å². The molecule has 5 nitrogen and oxygen atoms in total. The molecule has 6 heteroatoms. The van der Waals surface area contributed by atoms with Crippen LogP contribution in [-0.2, 0) is 0 Å². The van der Waals surface area contributed by atoms with Gasteiger partial charge in [0.2, 0.25) is 0 Å². The Morgan fingerprint density at radius 3 is 2.36 bits per heavy atom. The first-order valence-electron chi connectivity index (χ1n) is 8.46. The molecule has 0 saturated carbocycles. The van der Waals surface area contributed by atoms with Crippen LogP contribution < -0.4 is 5.32 Å². The van der Waals surface area contributed by atoms with Crippen LogP contribution in [0.5, 0.6) is 0 Å². The fourth-order valence-electron chi connectivity index (χ4n) is 2.86. The molecule has 1 aromatic carbocycles. The number of nitrogens with one attached hydrogen (secondary N) is 1. The number of aromatic nitrogens is 1. The Morgan fingerprint density at radius 2 is 1.68 bits per heavy atom. The summed E-state index contributed by atoms with van der Waals surface area (Å²) in [4.78, 5) is 31.0. The highest BCUT2D eigenvalue weighted by atomic mass is 35.5. The van der Waals surface area contributed by atoms with Gasteiger partial charge in [0.1, 0.15) is 5.69 Å². The van der Waals surface area contributed by atoms with E-state index in [0.29, 0.717) is 22.0 Å². The molecule has 2 amide bonds.